The number of nitro benzene ring substituents is 1. The number of benzene rings is 2. The lowest BCUT2D eigenvalue weighted by Gasteiger charge is -2.16. The molecule has 2 rings (SSSR count). The first-order valence-corrected chi connectivity index (χ1v) is 6.78. The minimum atomic E-state index is -0.605. The smallest absolute Gasteiger partial charge is 0.322 e. The van der Waals surface area contributed by atoms with Crippen molar-refractivity contribution in [2.75, 3.05) is 14.2 Å². The van der Waals surface area contributed by atoms with Crippen molar-refractivity contribution in [3.63, 3.8) is 0 Å². The van der Waals surface area contributed by atoms with Crippen LogP contribution in [-0.2, 0) is 6.61 Å². The molecule has 0 atom stereocenters. The maximum Gasteiger partial charge on any atom is 0.322 e. The number of nitrogens with zero attached hydrogens (tertiary/aromatic N) is 1. The van der Waals surface area contributed by atoms with E-state index in [0.29, 0.717) is 16.7 Å². The van der Waals surface area contributed by atoms with Crippen molar-refractivity contribution in [1.29, 1.82) is 0 Å². The molecule has 122 valence electrons. The molecule has 2 aromatic carbocycles. The summed E-state index contributed by atoms with van der Waals surface area (Å²) in [6, 6.07) is 6.49. The molecule has 0 spiro atoms. The van der Waals surface area contributed by atoms with Gasteiger partial charge in [-0.15, -0.1) is 0 Å². The molecule has 2 N–H and O–H groups in total. The highest BCUT2D eigenvalue weighted by atomic mass is 16.6. The average molecular weight is 319 g/mol. The fraction of sp³-hybridized carbons (Fsp3) is 0.250. The zero-order valence-corrected chi connectivity index (χ0v) is 13.0. The number of rotatable bonds is 5. The Labute approximate surface area is 132 Å². The van der Waals surface area contributed by atoms with E-state index in [1.165, 1.54) is 14.2 Å². The number of ether oxygens (including phenoxy) is 2. The van der Waals surface area contributed by atoms with Crippen molar-refractivity contribution in [3.8, 4) is 28.4 Å². The van der Waals surface area contributed by atoms with Crippen LogP contribution in [0.5, 0.6) is 17.2 Å². The second-order valence-electron chi connectivity index (χ2n) is 4.88. The highest BCUT2D eigenvalue weighted by Gasteiger charge is 2.32. The largest absolute Gasteiger partial charge is 0.504 e. The van der Waals surface area contributed by atoms with Gasteiger partial charge >= 0.3 is 5.69 Å². The minimum absolute atomic E-state index is 0.00963. The van der Waals surface area contributed by atoms with Gasteiger partial charge in [-0.1, -0.05) is 18.2 Å². The standard InChI is InChI=1S/C16H17NO6/c1-9-15(22-2)13(17(20)21)12(14(19)16(9)23-3)11-6-4-5-10(7-11)8-18/h4-7,18-19H,8H2,1-3H3. The van der Waals surface area contributed by atoms with Crippen molar-refractivity contribution in [2.45, 2.75) is 13.5 Å². The molecule has 0 amide bonds. The molecule has 0 unspecified atom stereocenters. The van der Waals surface area contributed by atoms with Crippen molar-refractivity contribution in [1.82, 2.24) is 0 Å². The van der Waals surface area contributed by atoms with Crippen molar-refractivity contribution < 1.29 is 24.6 Å². The van der Waals surface area contributed by atoms with Crippen LogP contribution >= 0.6 is 0 Å². The normalized spacial score (nSPS) is 10.4. The van der Waals surface area contributed by atoms with E-state index in [2.05, 4.69) is 0 Å². The van der Waals surface area contributed by atoms with Gasteiger partial charge in [0.1, 0.15) is 5.56 Å². The van der Waals surface area contributed by atoms with Gasteiger partial charge in [0.25, 0.3) is 0 Å². The molecule has 0 radical (unpaired) electrons. The van der Waals surface area contributed by atoms with Crippen LogP contribution in [0.25, 0.3) is 11.1 Å². The summed E-state index contributed by atoms with van der Waals surface area (Å²) in [4.78, 5) is 11.0. The Morgan fingerprint density at radius 1 is 1.22 bits per heavy atom. The lowest BCUT2D eigenvalue weighted by atomic mass is 9.97. The van der Waals surface area contributed by atoms with Gasteiger partial charge in [0.2, 0.25) is 5.75 Å². The Balaban J connectivity index is 2.92. The molecule has 0 saturated carbocycles. The van der Waals surface area contributed by atoms with Crippen LogP contribution < -0.4 is 9.47 Å². The highest BCUT2D eigenvalue weighted by molar-refractivity contribution is 5.87. The predicted molar refractivity (Wildman–Crippen MR) is 84.0 cm³/mol. The Morgan fingerprint density at radius 3 is 2.39 bits per heavy atom. The highest BCUT2D eigenvalue weighted by Crippen LogP contribution is 2.51. The van der Waals surface area contributed by atoms with E-state index in [-0.39, 0.29) is 35.1 Å². The van der Waals surface area contributed by atoms with Crippen molar-refractivity contribution >= 4 is 5.69 Å². The van der Waals surface area contributed by atoms with Crippen LogP contribution in [0.3, 0.4) is 0 Å². The quantitative estimate of drug-likeness (QED) is 0.649. The Bertz CT molecular complexity index is 757. The van der Waals surface area contributed by atoms with Gasteiger partial charge in [-0.25, -0.2) is 0 Å². The van der Waals surface area contributed by atoms with Crippen LogP contribution in [0, 0.1) is 17.0 Å². The van der Waals surface area contributed by atoms with E-state index < -0.39 is 4.92 Å². The van der Waals surface area contributed by atoms with E-state index in [0.717, 1.165) is 0 Å². The third kappa shape index (κ3) is 2.78. The van der Waals surface area contributed by atoms with Crippen LogP contribution in [0.2, 0.25) is 0 Å². The third-order valence-electron chi connectivity index (χ3n) is 3.57. The lowest BCUT2D eigenvalue weighted by molar-refractivity contribution is -0.385. The number of aromatic hydroxyl groups is 1. The summed E-state index contributed by atoms with van der Waals surface area (Å²) in [5.41, 5.74) is 0.927. The monoisotopic (exact) mass is 319 g/mol. The van der Waals surface area contributed by atoms with E-state index in [4.69, 9.17) is 9.47 Å². The molecule has 0 aliphatic carbocycles. The third-order valence-corrected chi connectivity index (χ3v) is 3.57. The zero-order chi connectivity index (χ0) is 17.1. The molecule has 0 heterocycles. The molecule has 0 bridgehead atoms. The van der Waals surface area contributed by atoms with Crippen molar-refractivity contribution in [3.05, 3.63) is 45.5 Å². The molecule has 7 heteroatoms. The van der Waals surface area contributed by atoms with Gasteiger partial charge in [0.15, 0.2) is 11.5 Å². The van der Waals surface area contributed by atoms with Crippen LogP contribution in [-0.4, -0.2) is 29.4 Å². The summed E-state index contributed by atoms with van der Waals surface area (Å²) in [5, 5.41) is 31.3. The van der Waals surface area contributed by atoms with E-state index in [1.54, 1.807) is 31.2 Å². The van der Waals surface area contributed by atoms with Gasteiger partial charge in [-0.3, -0.25) is 10.1 Å². The topological polar surface area (TPSA) is 102 Å². The van der Waals surface area contributed by atoms with E-state index in [1.807, 2.05) is 0 Å². The molecule has 0 aliphatic heterocycles. The van der Waals surface area contributed by atoms with Crippen LogP contribution in [0.4, 0.5) is 5.69 Å². The van der Waals surface area contributed by atoms with E-state index in [9.17, 15) is 20.3 Å². The summed E-state index contributed by atoms with van der Waals surface area (Å²) < 4.78 is 10.3. The average Bonchev–Trinajstić information content (AvgIpc) is 2.54. The Morgan fingerprint density at radius 2 is 1.87 bits per heavy atom. The molecular weight excluding hydrogens is 302 g/mol. The van der Waals surface area contributed by atoms with Gasteiger partial charge in [-0.2, -0.15) is 0 Å². The van der Waals surface area contributed by atoms with Gasteiger partial charge in [-0.05, 0) is 24.1 Å². The molecule has 0 aliphatic rings. The fourth-order valence-corrected chi connectivity index (χ4v) is 2.57. The lowest BCUT2D eigenvalue weighted by Crippen LogP contribution is -2.02. The number of aliphatic hydroxyl groups excluding tert-OH is 1. The predicted octanol–water partition coefficient (Wildman–Crippen LogP) is 2.79. The minimum Gasteiger partial charge on any atom is -0.504 e. The maximum atomic E-state index is 11.6. The van der Waals surface area contributed by atoms with Crippen molar-refractivity contribution in [2.24, 2.45) is 0 Å². The summed E-state index contributed by atoms with van der Waals surface area (Å²) in [5.74, 6) is -0.210. The second kappa shape index (κ2) is 6.53. The summed E-state index contributed by atoms with van der Waals surface area (Å²) in [7, 11) is 2.68. The molecule has 7 nitrogen and oxygen atoms in total. The number of phenols is 1. The summed E-state index contributed by atoms with van der Waals surface area (Å²) in [6.07, 6.45) is 0. The molecular formula is C16H17NO6. The fourth-order valence-electron chi connectivity index (χ4n) is 2.57. The first-order chi connectivity index (χ1) is 11.0. The van der Waals surface area contributed by atoms with Gasteiger partial charge in [0, 0.05) is 5.56 Å². The Hall–Kier alpha value is -2.80. The number of aliphatic hydroxyl groups is 1. The number of phenolic OH excluding ortho intramolecular Hbond substituents is 1. The molecule has 0 saturated heterocycles. The number of methoxy groups -OCH3 is 2. The zero-order valence-electron chi connectivity index (χ0n) is 13.0. The number of hydrogen-bond acceptors (Lipinski definition) is 6. The molecule has 23 heavy (non-hydrogen) atoms. The second-order valence-corrected chi connectivity index (χ2v) is 4.88. The number of hydrogen-bond donors (Lipinski definition) is 2. The van der Waals surface area contributed by atoms with Crippen LogP contribution in [0.15, 0.2) is 24.3 Å². The first kappa shape index (κ1) is 16.6. The van der Waals surface area contributed by atoms with Gasteiger partial charge in [0.05, 0.1) is 25.7 Å². The Kier molecular flexibility index (Phi) is 4.71. The molecule has 0 fully saturated rings. The molecule has 0 aromatic heterocycles. The van der Waals surface area contributed by atoms with Gasteiger partial charge < -0.3 is 19.7 Å². The van der Waals surface area contributed by atoms with E-state index >= 15 is 0 Å². The summed E-state index contributed by atoms with van der Waals surface area (Å²) >= 11 is 0. The SMILES string of the molecule is COc1c(C)c(OC)c([N+](=O)[O-])c(-c2cccc(CO)c2)c1O. The number of nitro groups is 1. The molecule has 2 aromatic rings. The van der Waals surface area contributed by atoms with Crippen LogP contribution in [0.1, 0.15) is 11.1 Å². The first-order valence-electron chi connectivity index (χ1n) is 6.78. The maximum absolute atomic E-state index is 11.6. The summed E-state index contributed by atoms with van der Waals surface area (Å²) in [6.45, 7) is 1.35.